The smallest absolute Gasteiger partial charge is 0.250 e. The molecule has 1 fully saturated rings. The molecule has 30 heavy (non-hydrogen) atoms. The number of rotatable bonds is 6. The van der Waals surface area contributed by atoms with Gasteiger partial charge in [0.25, 0.3) is 0 Å². The van der Waals surface area contributed by atoms with Crippen molar-refractivity contribution in [1.82, 2.24) is 15.0 Å². The number of hydrogen-bond acceptors (Lipinski definition) is 8. The van der Waals surface area contributed by atoms with Gasteiger partial charge in [-0.2, -0.15) is 20.1 Å². The van der Waals surface area contributed by atoms with Gasteiger partial charge < -0.3 is 15.0 Å². The molecule has 1 aromatic heterocycles. The number of nitrogens with one attached hydrogen (secondary N) is 2. The second kappa shape index (κ2) is 9.32. The van der Waals surface area contributed by atoms with Gasteiger partial charge in [0.05, 0.1) is 19.4 Å². The number of hydrogen-bond donors (Lipinski definition) is 2. The molecule has 4 rings (SSSR count). The molecule has 3 aromatic rings. The third kappa shape index (κ3) is 5.09. The number of ether oxygens (including phenoxy) is 1. The predicted molar refractivity (Wildman–Crippen MR) is 120 cm³/mol. The Balaban J connectivity index is 1.57. The molecule has 8 nitrogen and oxygen atoms in total. The Morgan fingerprint density at radius 3 is 2.50 bits per heavy atom. The zero-order valence-electron chi connectivity index (χ0n) is 17.2. The van der Waals surface area contributed by atoms with Crippen LogP contribution in [0.4, 0.5) is 23.5 Å². The molecule has 1 saturated heterocycles. The average molecular weight is 403 g/mol. The lowest BCUT2D eigenvalue weighted by molar-refractivity contribution is 0.122. The van der Waals surface area contributed by atoms with Crippen molar-refractivity contribution in [2.75, 3.05) is 41.9 Å². The first-order chi connectivity index (χ1) is 14.7. The highest BCUT2D eigenvalue weighted by atomic mass is 16.5. The summed E-state index contributed by atoms with van der Waals surface area (Å²) in [5.74, 6) is 1.43. The van der Waals surface area contributed by atoms with Crippen molar-refractivity contribution in [2.45, 2.75) is 13.8 Å². The number of aromatic nitrogens is 3. The van der Waals surface area contributed by atoms with E-state index in [0.717, 1.165) is 29.9 Å². The molecule has 1 aliphatic heterocycles. The van der Waals surface area contributed by atoms with Gasteiger partial charge in [0, 0.05) is 18.8 Å². The Kier molecular flexibility index (Phi) is 6.14. The van der Waals surface area contributed by atoms with Gasteiger partial charge in [0.1, 0.15) is 0 Å². The molecule has 0 amide bonds. The van der Waals surface area contributed by atoms with E-state index >= 15 is 0 Å². The molecule has 0 spiro atoms. The Morgan fingerprint density at radius 1 is 0.967 bits per heavy atom. The Morgan fingerprint density at radius 2 is 1.73 bits per heavy atom. The first kappa shape index (κ1) is 19.8. The molecule has 8 heteroatoms. The van der Waals surface area contributed by atoms with Crippen molar-refractivity contribution in [3.05, 3.63) is 65.2 Å². The van der Waals surface area contributed by atoms with Gasteiger partial charge in [-0.05, 0) is 37.1 Å². The zero-order chi connectivity index (χ0) is 20.8. The fourth-order valence-corrected chi connectivity index (χ4v) is 3.16. The Bertz CT molecular complexity index is 1020. The van der Waals surface area contributed by atoms with Crippen molar-refractivity contribution in [3.8, 4) is 0 Å². The molecular weight excluding hydrogens is 378 g/mol. The van der Waals surface area contributed by atoms with Gasteiger partial charge in [0.15, 0.2) is 0 Å². The van der Waals surface area contributed by atoms with Crippen LogP contribution in [0.25, 0.3) is 0 Å². The van der Waals surface area contributed by atoms with E-state index in [1.54, 1.807) is 6.21 Å². The van der Waals surface area contributed by atoms with Gasteiger partial charge in [-0.1, -0.05) is 42.0 Å². The number of para-hydroxylation sites is 1. The molecule has 0 saturated carbocycles. The van der Waals surface area contributed by atoms with Crippen LogP contribution in [0.3, 0.4) is 0 Å². The minimum Gasteiger partial charge on any atom is -0.378 e. The van der Waals surface area contributed by atoms with E-state index in [1.165, 1.54) is 5.56 Å². The maximum Gasteiger partial charge on any atom is 0.250 e. The van der Waals surface area contributed by atoms with Gasteiger partial charge in [-0.3, -0.25) is 0 Å². The lowest BCUT2D eigenvalue weighted by Gasteiger charge is -2.27. The van der Waals surface area contributed by atoms with E-state index in [9.17, 15) is 0 Å². The molecule has 154 valence electrons. The summed E-state index contributed by atoms with van der Waals surface area (Å²) in [5.41, 5.74) is 7.28. The number of hydrazone groups is 1. The van der Waals surface area contributed by atoms with Crippen molar-refractivity contribution in [2.24, 2.45) is 5.10 Å². The summed E-state index contributed by atoms with van der Waals surface area (Å²) in [6.07, 6.45) is 1.78. The van der Waals surface area contributed by atoms with E-state index in [2.05, 4.69) is 61.7 Å². The highest BCUT2D eigenvalue weighted by molar-refractivity contribution is 5.82. The number of nitrogens with zero attached hydrogens (tertiary/aromatic N) is 5. The molecule has 0 bridgehead atoms. The molecule has 0 radical (unpaired) electrons. The minimum absolute atomic E-state index is 0.380. The molecule has 1 aliphatic rings. The monoisotopic (exact) mass is 403 g/mol. The maximum absolute atomic E-state index is 5.44. The number of morpholine rings is 1. The normalized spacial score (nSPS) is 14.1. The molecule has 0 aliphatic carbocycles. The molecule has 2 aromatic carbocycles. The summed E-state index contributed by atoms with van der Waals surface area (Å²) in [6.45, 7) is 6.92. The van der Waals surface area contributed by atoms with Crippen LogP contribution in [-0.4, -0.2) is 47.5 Å². The summed E-state index contributed by atoms with van der Waals surface area (Å²) in [7, 11) is 0. The quantitative estimate of drug-likeness (QED) is 0.481. The van der Waals surface area contributed by atoms with E-state index in [1.807, 2.05) is 36.4 Å². The Labute approximate surface area is 176 Å². The average Bonchev–Trinajstić information content (AvgIpc) is 2.76. The second-order valence-corrected chi connectivity index (χ2v) is 7.10. The highest BCUT2D eigenvalue weighted by Gasteiger charge is 2.16. The topological polar surface area (TPSA) is 87.6 Å². The summed E-state index contributed by atoms with van der Waals surface area (Å²) in [6, 6.07) is 16.0. The molecule has 0 unspecified atom stereocenters. The van der Waals surface area contributed by atoms with Crippen LogP contribution in [0.5, 0.6) is 0 Å². The van der Waals surface area contributed by atoms with Crippen molar-refractivity contribution in [3.63, 3.8) is 0 Å². The third-order valence-corrected chi connectivity index (χ3v) is 4.74. The summed E-state index contributed by atoms with van der Waals surface area (Å²) in [4.78, 5) is 15.7. The zero-order valence-corrected chi connectivity index (χ0v) is 17.2. The van der Waals surface area contributed by atoms with Gasteiger partial charge in [0.2, 0.25) is 17.8 Å². The van der Waals surface area contributed by atoms with Gasteiger partial charge >= 0.3 is 0 Å². The highest BCUT2D eigenvalue weighted by Crippen LogP contribution is 2.18. The standard InChI is InChI=1S/C22H25N7O/c1-16-8-9-18(17(2)14-16)15-23-28-21-25-20(24-19-6-4-3-5-7-19)26-22(27-21)29-10-12-30-13-11-29/h3-9,14-15H,10-13H2,1-2H3,(H2,24,25,26,27,28)/b23-15+. The molecular formula is C22H25N7O. The SMILES string of the molecule is Cc1ccc(/C=N/Nc2nc(Nc3ccccc3)nc(N3CCOCC3)n2)c(C)c1. The van der Waals surface area contributed by atoms with E-state index in [-0.39, 0.29) is 0 Å². The predicted octanol–water partition coefficient (Wildman–Crippen LogP) is 3.51. The van der Waals surface area contributed by atoms with Crippen LogP contribution in [0.2, 0.25) is 0 Å². The third-order valence-electron chi connectivity index (χ3n) is 4.74. The second-order valence-electron chi connectivity index (χ2n) is 7.10. The first-order valence-corrected chi connectivity index (χ1v) is 9.94. The molecule has 2 heterocycles. The van der Waals surface area contributed by atoms with Gasteiger partial charge in [-0.15, -0.1) is 0 Å². The van der Waals surface area contributed by atoms with Crippen molar-refractivity contribution < 1.29 is 4.74 Å². The van der Waals surface area contributed by atoms with E-state index < -0.39 is 0 Å². The molecule has 0 atom stereocenters. The Hall–Kier alpha value is -3.52. The van der Waals surface area contributed by atoms with Crippen LogP contribution >= 0.6 is 0 Å². The first-order valence-electron chi connectivity index (χ1n) is 9.94. The fourth-order valence-electron chi connectivity index (χ4n) is 3.16. The number of benzene rings is 2. The lowest BCUT2D eigenvalue weighted by Crippen LogP contribution is -2.37. The van der Waals surface area contributed by atoms with Crippen LogP contribution in [-0.2, 0) is 4.74 Å². The summed E-state index contributed by atoms with van der Waals surface area (Å²) in [5, 5.41) is 7.57. The van der Waals surface area contributed by atoms with E-state index in [0.29, 0.717) is 31.1 Å². The summed E-state index contributed by atoms with van der Waals surface area (Å²) >= 11 is 0. The molecule has 2 N–H and O–H groups in total. The van der Waals surface area contributed by atoms with Crippen LogP contribution < -0.4 is 15.6 Å². The maximum atomic E-state index is 5.44. The van der Waals surface area contributed by atoms with Crippen LogP contribution in [0, 0.1) is 13.8 Å². The van der Waals surface area contributed by atoms with Gasteiger partial charge in [-0.25, -0.2) is 5.43 Å². The van der Waals surface area contributed by atoms with Crippen molar-refractivity contribution in [1.29, 1.82) is 0 Å². The largest absolute Gasteiger partial charge is 0.378 e. The summed E-state index contributed by atoms with van der Waals surface area (Å²) < 4.78 is 5.44. The van der Waals surface area contributed by atoms with E-state index in [4.69, 9.17) is 4.74 Å². The fraction of sp³-hybridized carbons (Fsp3) is 0.273. The number of anilines is 4. The minimum atomic E-state index is 0.380. The van der Waals surface area contributed by atoms with Crippen LogP contribution in [0.15, 0.2) is 53.6 Å². The van der Waals surface area contributed by atoms with Crippen LogP contribution in [0.1, 0.15) is 16.7 Å². The number of aryl methyl sites for hydroxylation is 2. The van der Waals surface area contributed by atoms with Crippen molar-refractivity contribution >= 4 is 29.7 Å². The lowest BCUT2D eigenvalue weighted by atomic mass is 10.1.